The van der Waals surface area contributed by atoms with Gasteiger partial charge in [-0.05, 0) is 38.3 Å². The van der Waals surface area contributed by atoms with Gasteiger partial charge >= 0.3 is 0 Å². The molecule has 2 aromatic heterocycles. The van der Waals surface area contributed by atoms with Gasteiger partial charge in [0.05, 0.1) is 26.8 Å². The fraction of sp³-hybridized carbons (Fsp3) is 0.381. The van der Waals surface area contributed by atoms with E-state index in [2.05, 4.69) is 5.32 Å². The number of thioether (sulfide) groups is 1. The molecule has 1 aliphatic carbocycles. The average Bonchev–Trinajstić information content (AvgIpc) is 3.36. The average molecular weight is 493 g/mol. The molecule has 0 aliphatic heterocycles. The molecule has 4 rings (SSSR count). The zero-order chi connectivity index (χ0) is 23.0. The summed E-state index contributed by atoms with van der Waals surface area (Å²) in [6.45, 7) is 3.93. The SMILES string of the molecule is Cc1sc2nc(SCC(=O)Nc3ccc([N+](=O)[O-])cc3Cl)n(C3CCCC3)c(=O)c2c1C. The molecule has 1 aliphatic rings. The first-order valence-corrected chi connectivity index (χ1v) is 12.3. The minimum atomic E-state index is -0.550. The Balaban J connectivity index is 1.58. The first-order valence-electron chi connectivity index (χ1n) is 10.1. The van der Waals surface area contributed by atoms with E-state index in [1.807, 2.05) is 13.8 Å². The first-order chi connectivity index (χ1) is 15.3. The van der Waals surface area contributed by atoms with Gasteiger partial charge in [0.15, 0.2) is 5.16 Å². The highest BCUT2D eigenvalue weighted by Crippen LogP contribution is 2.35. The molecular weight excluding hydrogens is 472 g/mol. The molecule has 1 N–H and O–H groups in total. The molecule has 8 nitrogen and oxygen atoms in total. The number of aryl methyl sites for hydroxylation is 2. The normalized spacial score (nSPS) is 14.2. The molecule has 1 aromatic carbocycles. The Hall–Kier alpha value is -2.43. The largest absolute Gasteiger partial charge is 0.324 e. The molecule has 0 spiro atoms. The number of benzene rings is 1. The molecule has 0 bridgehead atoms. The van der Waals surface area contributed by atoms with Gasteiger partial charge in [-0.3, -0.25) is 24.3 Å². The van der Waals surface area contributed by atoms with Crippen LogP contribution in [-0.2, 0) is 4.79 Å². The van der Waals surface area contributed by atoms with E-state index in [1.165, 1.54) is 41.3 Å². The maximum absolute atomic E-state index is 13.4. The Labute approximate surface area is 197 Å². The standard InChI is InChI=1S/C21H21ClN4O4S2/c1-11-12(2)32-19-18(11)20(28)25(13-5-3-4-6-13)21(24-19)31-10-17(27)23-16-8-7-14(26(29)30)9-15(16)22/h7-9,13H,3-6,10H2,1-2H3,(H,23,27). The monoisotopic (exact) mass is 492 g/mol. The number of carbonyl (C=O) groups excluding carboxylic acids is 1. The van der Waals surface area contributed by atoms with Gasteiger partial charge in [-0.2, -0.15) is 0 Å². The van der Waals surface area contributed by atoms with Crippen LogP contribution >= 0.6 is 34.7 Å². The molecule has 11 heteroatoms. The Morgan fingerprint density at radius 2 is 2.09 bits per heavy atom. The molecule has 1 saturated carbocycles. The summed E-state index contributed by atoms with van der Waals surface area (Å²) in [5.41, 5.74) is 1.08. The third kappa shape index (κ3) is 4.39. The molecule has 1 fully saturated rings. The summed E-state index contributed by atoms with van der Waals surface area (Å²) < 4.78 is 1.77. The van der Waals surface area contributed by atoms with Crippen LogP contribution in [0.2, 0.25) is 5.02 Å². The molecule has 0 saturated heterocycles. The van der Waals surface area contributed by atoms with Gasteiger partial charge in [-0.25, -0.2) is 4.98 Å². The Morgan fingerprint density at radius 1 is 1.38 bits per heavy atom. The van der Waals surface area contributed by atoms with Gasteiger partial charge < -0.3 is 5.32 Å². The van der Waals surface area contributed by atoms with Crippen LogP contribution in [0.5, 0.6) is 0 Å². The van der Waals surface area contributed by atoms with Crippen LogP contribution in [0.4, 0.5) is 11.4 Å². The van der Waals surface area contributed by atoms with Gasteiger partial charge in [0.1, 0.15) is 4.83 Å². The van der Waals surface area contributed by atoms with Crippen molar-refractivity contribution in [3.05, 3.63) is 54.1 Å². The van der Waals surface area contributed by atoms with Crippen molar-refractivity contribution in [1.82, 2.24) is 9.55 Å². The number of nitro groups is 1. The van der Waals surface area contributed by atoms with Gasteiger partial charge in [0, 0.05) is 23.1 Å². The number of anilines is 1. The number of amides is 1. The number of thiophene rings is 1. The Bertz CT molecular complexity index is 1280. The number of nitro benzene ring substituents is 1. The number of halogens is 1. The topological polar surface area (TPSA) is 107 Å². The Morgan fingerprint density at radius 3 is 2.75 bits per heavy atom. The number of fused-ring (bicyclic) bond motifs is 1. The minimum Gasteiger partial charge on any atom is -0.324 e. The summed E-state index contributed by atoms with van der Waals surface area (Å²) in [6, 6.07) is 3.97. The van der Waals surface area contributed by atoms with E-state index < -0.39 is 4.92 Å². The van der Waals surface area contributed by atoms with Crippen LogP contribution in [0.15, 0.2) is 28.2 Å². The summed E-state index contributed by atoms with van der Waals surface area (Å²) in [6.07, 6.45) is 3.99. The first kappa shape index (κ1) is 22.8. The van der Waals surface area contributed by atoms with Crippen LogP contribution in [0.1, 0.15) is 42.2 Å². The van der Waals surface area contributed by atoms with Crippen LogP contribution in [0.3, 0.4) is 0 Å². The second-order valence-corrected chi connectivity index (χ2v) is 10.3. The Kier molecular flexibility index (Phi) is 6.55. The summed E-state index contributed by atoms with van der Waals surface area (Å²) in [4.78, 5) is 42.8. The second-order valence-electron chi connectivity index (χ2n) is 7.73. The fourth-order valence-corrected chi connectivity index (χ4v) is 6.07. The van der Waals surface area contributed by atoms with E-state index in [-0.39, 0.29) is 34.0 Å². The maximum atomic E-state index is 13.4. The third-order valence-electron chi connectivity index (χ3n) is 5.66. The van der Waals surface area contributed by atoms with Crippen LogP contribution < -0.4 is 10.9 Å². The van der Waals surface area contributed by atoms with Gasteiger partial charge in [0.25, 0.3) is 11.2 Å². The molecule has 1 amide bonds. The van der Waals surface area contributed by atoms with Crippen LogP contribution in [0.25, 0.3) is 10.2 Å². The predicted molar refractivity (Wildman–Crippen MR) is 128 cm³/mol. The van der Waals surface area contributed by atoms with Crippen molar-refractivity contribution >= 4 is 62.2 Å². The van der Waals surface area contributed by atoms with E-state index in [4.69, 9.17) is 16.6 Å². The molecule has 0 unspecified atom stereocenters. The molecule has 32 heavy (non-hydrogen) atoms. The smallest absolute Gasteiger partial charge is 0.271 e. The highest BCUT2D eigenvalue weighted by atomic mass is 35.5. The molecule has 0 radical (unpaired) electrons. The van der Waals surface area contributed by atoms with Crippen molar-refractivity contribution < 1.29 is 9.72 Å². The highest BCUT2D eigenvalue weighted by molar-refractivity contribution is 7.99. The number of nitrogens with one attached hydrogen (secondary N) is 1. The number of aromatic nitrogens is 2. The fourth-order valence-electron chi connectivity index (χ4n) is 3.91. The highest BCUT2D eigenvalue weighted by Gasteiger charge is 2.25. The summed E-state index contributed by atoms with van der Waals surface area (Å²) in [7, 11) is 0. The van der Waals surface area contributed by atoms with Crippen molar-refractivity contribution in [2.24, 2.45) is 0 Å². The number of carbonyl (C=O) groups is 1. The number of non-ortho nitro benzene ring substituents is 1. The van der Waals surface area contributed by atoms with Crippen LogP contribution in [0, 0.1) is 24.0 Å². The lowest BCUT2D eigenvalue weighted by Crippen LogP contribution is -2.27. The lowest BCUT2D eigenvalue weighted by Gasteiger charge is -2.18. The van der Waals surface area contributed by atoms with E-state index in [0.717, 1.165) is 36.1 Å². The number of hydrogen-bond acceptors (Lipinski definition) is 7. The van der Waals surface area contributed by atoms with Crippen LogP contribution in [-0.4, -0.2) is 26.1 Å². The van der Waals surface area contributed by atoms with Gasteiger partial charge in [0.2, 0.25) is 5.91 Å². The molecule has 3 aromatic rings. The molecule has 2 heterocycles. The second kappa shape index (κ2) is 9.21. The number of hydrogen-bond donors (Lipinski definition) is 1. The summed E-state index contributed by atoms with van der Waals surface area (Å²) in [5, 5.41) is 14.8. The zero-order valence-corrected chi connectivity index (χ0v) is 19.9. The lowest BCUT2D eigenvalue weighted by atomic mass is 10.2. The van der Waals surface area contributed by atoms with E-state index >= 15 is 0 Å². The van der Waals surface area contributed by atoms with Crippen molar-refractivity contribution in [3.63, 3.8) is 0 Å². The maximum Gasteiger partial charge on any atom is 0.271 e. The molecule has 0 atom stereocenters. The number of nitrogens with zero attached hydrogens (tertiary/aromatic N) is 3. The van der Waals surface area contributed by atoms with Gasteiger partial charge in [-0.1, -0.05) is 36.2 Å². The quantitative estimate of drug-likeness (QED) is 0.211. The van der Waals surface area contributed by atoms with E-state index in [0.29, 0.717) is 21.1 Å². The summed E-state index contributed by atoms with van der Waals surface area (Å²) >= 11 is 8.77. The molecular formula is C21H21ClN4O4S2. The van der Waals surface area contributed by atoms with Crippen molar-refractivity contribution in [2.75, 3.05) is 11.1 Å². The van der Waals surface area contributed by atoms with Gasteiger partial charge in [-0.15, -0.1) is 11.3 Å². The predicted octanol–water partition coefficient (Wildman–Crippen LogP) is 5.48. The van der Waals surface area contributed by atoms with E-state index in [9.17, 15) is 19.7 Å². The third-order valence-corrected chi connectivity index (χ3v) is 8.03. The lowest BCUT2D eigenvalue weighted by molar-refractivity contribution is -0.384. The van der Waals surface area contributed by atoms with E-state index in [1.54, 1.807) is 4.57 Å². The zero-order valence-electron chi connectivity index (χ0n) is 17.5. The summed E-state index contributed by atoms with van der Waals surface area (Å²) in [5.74, 6) is -0.307. The van der Waals surface area contributed by atoms with Crippen molar-refractivity contribution in [3.8, 4) is 0 Å². The van der Waals surface area contributed by atoms with Crippen molar-refractivity contribution in [1.29, 1.82) is 0 Å². The van der Waals surface area contributed by atoms with Crippen molar-refractivity contribution in [2.45, 2.75) is 50.7 Å². The molecule has 168 valence electrons. The minimum absolute atomic E-state index is 0.0291. The number of rotatable bonds is 6.